The fourth-order valence-corrected chi connectivity index (χ4v) is 3.60. The second kappa shape index (κ2) is 7.55. The van der Waals surface area contributed by atoms with E-state index >= 15 is 0 Å². The highest BCUT2D eigenvalue weighted by molar-refractivity contribution is 5.96. The quantitative estimate of drug-likeness (QED) is 0.850. The monoisotopic (exact) mass is 340 g/mol. The minimum Gasteiger partial charge on any atom is -0.481 e. The second-order valence-electron chi connectivity index (χ2n) is 6.77. The zero-order chi connectivity index (χ0) is 17.8. The molecule has 3 rings (SSSR count). The minimum atomic E-state index is -0.765. The van der Waals surface area contributed by atoms with Crippen LogP contribution in [-0.4, -0.2) is 39.5 Å². The highest BCUT2D eigenvalue weighted by Crippen LogP contribution is 2.23. The number of hydrogen-bond donors (Lipinski definition) is 1. The Balaban J connectivity index is 1.66. The molecule has 1 aromatic carbocycles. The summed E-state index contributed by atoms with van der Waals surface area (Å²) in [6, 6.07) is 8.12. The molecule has 2 aromatic rings. The maximum absolute atomic E-state index is 12.5. The van der Waals surface area contributed by atoms with Crippen LogP contribution in [0, 0.1) is 5.92 Å². The summed E-state index contributed by atoms with van der Waals surface area (Å²) in [7, 11) is 2.00. The Morgan fingerprint density at radius 3 is 2.92 bits per heavy atom. The molecule has 1 saturated heterocycles. The van der Waals surface area contributed by atoms with Gasteiger partial charge >= 0.3 is 5.97 Å². The topological polar surface area (TPSA) is 62.5 Å². The number of aliphatic carboxylic acids is 1. The fourth-order valence-electron chi connectivity index (χ4n) is 3.60. The number of carbonyl (C=O) groups excluding carboxylic acids is 1. The van der Waals surface area contributed by atoms with E-state index < -0.39 is 5.97 Å². The Morgan fingerprint density at radius 1 is 1.32 bits per heavy atom. The number of aryl methyl sites for hydroxylation is 1. The number of para-hydroxylation sites is 1. The lowest BCUT2D eigenvalue weighted by Crippen LogP contribution is -2.39. The third-order valence-electron chi connectivity index (χ3n) is 4.93. The maximum atomic E-state index is 12.5. The summed E-state index contributed by atoms with van der Waals surface area (Å²) >= 11 is 0. The van der Waals surface area contributed by atoms with Crippen molar-refractivity contribution in [1.82, 2.24) is 9.47 Å². The maximum Gasteiger partial charge on any atom is 0.303 e. The van der Waals surface area contributed by atoms with Crippen LogP contribution in [0.1, 0.15) is 31.2 Å². The standard InChI is InChI=1S/C20H24N2O3/c1-21-14-16(17-6-2-3-7-18(17)21)9-10-19(23)22-12-4-5-15(13-22)8-11-20(24)25/h2-3,6-7,9-10,14-15H,4-5,8,11-13H2,1H3,(H,24,25). The van der Waals surface area contributed by atoms with Gasteiger partial charge in [-0.25, -0.2) is 0 Å². The highest BCUT2D eigenvalue weighted by atomic mass is 16.4. The average molecular weight is 340 g/mol. The van der Waals surface area contributed by atoms with Crippen molar-refractivity contribution in [2.75, 3.05) is 13.1 Å². The van der Waals surface area contributed by atoms with Crippen LogP contribution in [0.15, 0.2) is 36.5 Å². The van der Waals surface area contributed by atoms with Crippen molar-refractivity contribution in [3.63, 3.8) is 0 Å². The molecule has 1 atom stereocenters. The number of carbonyl (C=O) groups is 2. The van der Waals surface area contributed by atoms with Gasteiger partial charge in [-0.2, -0.15) is 0 Å². The Bertz CT molecular complexity index is 806. The Hall–Kier alpha value is -2.56. The predicted octanol–water partition coefficient (Wildman–Crippen LogP) is 3.29. The van der Waals surface area contributed by atoms with E-state index in [-0.39, 0.29) is 12.3 Å². The zero-order valence-corrected chi connectivity index (χ0v) is 14.5. The molecule has 1 amide bonds. The van der Waals surface area contributed by atoms with Crippen molar-refractivity contribution in [3.8, 4) is 0 Å². The number of benzene rings is 1. The number of aromatic nitrogens is 1. The second-order valence-corrected chi connectivity index (χ2v) is 6.77. The molecular formula is C20H24N2O3. The molecular weight excluding hydrogens is 316 g/mol. The van der Waals surface area contributed by atoms with Gasteiger partial charge in [-0.15, -0.1) is 0 Å². The third kappa shape index (κ3) is 4.10. The smallest absolute Gasteiger partial charge is 0.303 e. The molecule has 0 radical (unpaired) electrons. The van der Waals surface area contributed by atoms with E-state index in [9.17, 15) is 9.59 Å². The van der Waals surface area contributed by atoms with Gasteiger partial charge in [-0.05, 0) is 37.3 Å². The van der Waals surface area contributed by atoms with E-state index in [1.807, 2.05) is 36.4 Å². The summed E-state index contributed by atoms with van der Waals surface area (Å²) < 4.78 is 2.06. The number of amides is 1. The summed E-state index contributed by atoms with van der Waals surface area (Å²) in [5, 5.41) is 9.96. The molecule has 1 fully saturated rings. The van der Waals surface area contributed by atoms with Gasteiger partial charge in [-0.3, -0.25) is 9.59 Å². The molecule has 1 aliphatic rings. The first-order valence-corrected chi connectivity index (χ1v) is 8.77. The Kier molecular flexibility index (Phi) is 5.22. The van der Waals surface area contributed by atoms with E-state index in [0.717, 1.165) is 35.9 Å². The number of nitrogens with zero attached hydrogens (tertiary/aromatic N) is 2. The van der Waals surface area contributed by atoms with Gasteiger partial charge in [0.05, 0.1) is 0 Å². The predicted molar refractivity (Wildman–Crippen MR) is 98.1 cm³/mol. The lowest BCUT2D eigenvalue weighted by molar-refractivity contribution is -0.137. The zero-order valence-electron chi connectivity index (χ0n) is 14.5. The van der Waals surface area contributed by atoms with E-state index in [4.69, 9.17) is 5.11 Å². The van der Waals surface area contributed by atoms with Gasteiger partial charge in [-0.1, -0.05) is 18.2 Å². The first kappa shape index (κ1) is 17.3. The van der Waals surface area contributed by atoms with Crippen molar-refractivity contribution >= 4 is 28.9 Å². The van der Waals surface area contributed by atoms with Crippen LogP contribution >= 0.6 is 0 Å². The van der Waals surface area contributed by atoms with Crippen LogP contribution in [0.25, 0.3) is 17.0 Å². The molecule has 0 spiro atoms. The van der Waals surface area contributed by atoms with Crippen LogP contribution in [0.4, 0.5) is 0 Å². The van der Waals surface area contributed by atoms with Crippen molar-refractivity contribution < 1.29 is 14.7 Å². The lowest BCUT2D eigenvalue weighted by atomic mass is 9.93. The number of carboxylic acids is 1. The largest absolute Gasteiger partial charge is 0.481 e. The van der Waals surface area contributed by atoms with Gasteiger partial charge in [0.15, 0.2) is 0 Å². The van der Waals surface area contributed by atoms with E-state index in [2.05, 4.69) is 16.7 Å². The number of piperidine rings is 1. The van der Waals surface area contributed by atoms with Gasteiger partial charge in [0.25, 0.3) is 0 Å². The van der Waals surface area contributed by atoms with Crippen LogP contribution in [0.3, 0.4) is 0 Å². The normalized spacial score (nSPS) is 18.1. The van der Waals surface area contributed by atoms with E-state index in [1.165, 1.54) is 0 Å². The SMILES string of the molecule is Cn1cc(C=CC(=O)N2CCCC(CCC(=O)O)C2)c2ccccc21. The van der Waals surface area contributed by atoms with Crippen molar-refractivity contribution in [1.29, 1.82) is 0 Å². The lowest BCUT2D eigenvalue weighted by Gasteiger charge is -2.32. The molecule has 5 nitrogen and oxygen atoms in total. The molecule has 5 heteroatoms. The number of fused-ring (bicyclic) bond motifs is 1. The molecule has 0 aliphatic carbocycles. The van der Waals surface area contributed by atoms with Gasteiger partial charge < -0.3 is 14.6 Å². The highest BCUT2D eigenvalue weighted by Gasteiger charge is 2.22. The van der Waals surface area contributed by atoms with Crippen LogP contribution in [0.2, 0.25) is 0 Å². The van der Waals surface area contributed by atoms with Crippen LogP contribution in [-0.2, 0) is 16.6 Å². The fraction of sp³-hybridized carbons (Fsp3) is 0.400. The first-order chi connectivity index (χ1) is 12.0. The third-order valence-corrected chi connectivity index (χ3v) is 4.93. The number of hydrogen-bond acceptors (Lipinski definition) is 2. The molecule has 132 valence electrons. The molecule has 25 heavy (non-hydrogen) atoms. The van der Waals surface area contributed by atoms with Crippen molar-refractivity contribution in [3.05, 3.63) is 42.1 Å². The summed E-state index contributed by atoms with van der Waals surface area (Å²) in [6.07, 6.45) is 8.32. The molecule has 1 aromatic heterocycles. The van der Waals surface area contributed by atoms with Crippen LogP contribution in [0.5, 0.6) is 0 Å². The summed E-state index contributed by atoms with van der Waals surface area (Å²) in [5.41, 5.74) is 2.17. The van der Waals surface area contributed by atoms with Crippen LogP contribution < -0.4 is 0 Å². The van der Waals surface area contributed by atoms with Gasteiger partial charge in [0.1, 0.15) is 0 Å². The van der Waals surface area contributed by atoms with Gasteiger partial charge in [0.2, 0.25) is 5.91 Å². The van der Waals surface area contributed by atoms with E-state index in [1.54, 1.807) is 6.08 Å². The number of likely N-dealkylation sites (tertiary alicyclic amines) is 1. The average Bonchev–Trinajstić information content (AvgIpc) is 2.94. The summed E-state index contributed by atoms with van der Waals surface area (Å²) in [5.74, 6) is -0.466. The molecule has 1 N–H and O–H groups in total. The van der Waals surface area contributed by atoms with Crippen molar-refractivity contribution in [2.24, 2.45) is 13.0 Å². The summed E-state index contributed by atoms with van der Waals surface area (Å²) in [4.78, 5) is 25.1. The summed E-state index contributed by atoms with van der Waals surface area (Å²) in [6.45, 7) is 1.41. The minimum absolute atomic E-state index is 0.00737. The molecule has 0 bridgehead atoms. The number of rotatable bonds is 5. The Morgan fingerprint density at radius 2 is 2.12 bits per heavy atom. The number of carboxylic acid groups (broad SMARTS) is 1. The Labute approximate surface area is 147 Å². The van der Waals surface area contributed by atoms with Crippen molar-refractivity contribution in [2.45, 2.75) is 25.7 Å². The van der Waals surface area contributed by atoms with E-state index in [0.29, 0.717) is 18.9 Å². The molecule has 2 heterocycles. The molecule has 0 saturated carbocycles. The first-order valence-electron chi connectivity index (χ1n) is 8.77. The van der Waals surface area contributed by atoms with Gasteiger partial charge in [0, 0.05) is 55.3 Å². The molecule has 1 aliphatic heterocycles. The molecule has 1 unspecified atom stereocenters.